The van der Waals surface area contributed by atoms with Crippen LogP contribution in [0.2, 0.25) is 0 Å². The van der Waals surface area contributed by atoms with Gasteiger partial charge in [-0.15, -0.1) is 12.3 Å². The fraction of sp³-hybridized carbons (Fsp3) is 0.733. The maximum atomic E-state index is 12.3. The number of rotatable bonds is 7. The summed E-state index contributed by atoms with van der Waals surface area (Å²) in [6.07, 6.45) is 7.46. The van der Waals surface area contributed by atoms with Crippen molar-refractivity contribution in [3.8, 4) is 12.3 Å². The zero-order valence-corrected chi connectivity index (χ0v) is 12.9. The van der Waals surface area contributed by atoms with Gasteiger partial charge < -0.3 is 15.0 Å². The SMILES string of the molecule is C#CCCC1(CCC(=O)N2CCOC(CNC(C)=O)C2)N=N1. The standard InChI is InChI=1S/C15H22N4O3/c1-3-4-6-15(17-18-15)7-5-14(21)19-8-9-22-13(11-19)10-16-12(2)20/h1,13H,4-11H2,2H3,(H,16,20). The Kier molecular flexibility index (Phi) is 5.50. The van der Waals surface area contributed by atoms with Crippen molar-refractivity contribution in [2.75, 3.05) is 26.2 Å². The lowest BCUT2D eigenvalue weighted by Gasteiger charge is -2.33. The van der Waals surface area contributed by atoms with Gasteiger partial charge in [0.25, 0.3) is 0 Å². The molecule has 2 aliphatic heterocycles. The first-order valence-electron chi connectivity index (χ1n) is 7.56. The quantitative estimate of drug-likeness (QED) is 0.703. The van der Waals surface area contributed by atoms with E-state index in [0.717, 1.165) is 0 Å². The first kappa shape index (κ1) is 16.4. The maximum absolute atomic E-state index is 12.3. The van der Waals surface area contributed by atoms with Crippen LogP contribution in [-0.4, -0.2) is 54.7 Å². The van der Waals surface area contributed by atoms with Gasteiger partial charge in [0.15, 0.2) is 5.66 Å². The van der Waals surface area contributed by atoms with Crippen LogP contribution in [0.25, 0.3) is 0 Å². The van der Waals surface area contributed by atoms with Crippen LogP contribution in [0.4, 0.5) is 0 Å². The average Bonchev–Trinajstić information content (AvgIpc) is 3.29. The van der Waals surface area contributed by atoms with E-state index in [4.69, 9.17) is 11.2 Å². The fourth-order valence-corrected chi connectivity index (χ4v) is 2.46. The second-order valence-corrected chi connectivity index (χ2v) is 5.66. The largest absolute Gasteiger partial charge is 0.373 e. The Morgan fingerprint density at radius 2 is 2.23 bits per heavy atom. The summed E-state index contributed by atoms with van der Waals surface area (Å²) >= 11 is 0. The molecule has 0 aliphatic carbocycles. The van der Waals surface area contributed by atoms with Crippen molar-refractivity contribution in [3.63, 3.8) is 0 Å². The zero-order valence-electron chi connectivity index (χ0n) is 12.9. The molecule has 1 fully saturated rings. The molecule has 7 nitrogen and oxygen atoms in total. The molecule has 0 aromatic rings. The van der Waals surface area contributed by atoms with E-state index in [0.29, 0.717) is 51.9 Å². The number of ether oxygens (including phenoxy) is 1. The number of carbonyl (C=O) groups excluding carboxylic acids is 2. The molecule has 1 atom stereocenters. The number of hydrogen-bond acceptors (Lipinski definition) is 5. The molecule has 22 heavy (non-hydrogen) atoms. The number of carbonyl (C=O) groups is 2. The highest BCUT2D eigenvalue weighted by Crippen LogP contribution is 2.37. The minimum absolute atomic E-state index is 0.0773. The number of nitrogens with one attached hydrogen (secondary N) is 1. The Hall–Kier alpha value is -1.94. The highest BCUT2D eigenvalue weighted by Gasteiger charge is 2.39. The molecule has 0 bridgehead atoms. The van der Waals surface area contributed by atoms with Crippen LogP contribution in [0.15, 0.2) is 10.2 Å². The van der Waals surface area contributed by atoms with Crippen LogP contribution in [0.1, 0.15) is 32.6 Å². The summed E-state index contributed by atoms with van der Waals surface area (Å²) in [7, 11) is 0. The summed E-state index contributed by atoms with van der Waals surface area (Å²) < 4.78 is 5.55. The number of morpholine rings is 1. The Labute approximate surface area is 130 Å². The van der Waals surface area contributed by atoms with Crippen molar-refractivity contribution in [1.82, 2.24) is 10.2 Å². The maximum Gasteiger partial charge on any atom is 0.222 e. The van der Waals surface area contributed by atoms with E-state index in [9.17, 15) is 9.59 Å². The van der Waals surface area contributed by atoms with Gasteiger partial charge >= 0.3 is 0 Å². The molecule has 120 valence electrons. The highest BCUT2D eigenvalue weighted by atomic mass is 16.5. The van der Waals surface area contributed by atoms with Crippen LogP contribution in [0, 0.1) is 12.3 Å². The van der Waals surface area contributed by atoms with E-state index in [1.54, 1.807) is 4.90 Å². The molecule has 1 unspecified atom stereocenters. The van der Waals surface area contributed by atoms with Crippen LogP contribution in [0.3, 0.4) is 0 Å². The van der Waals surface area contributed by atoms with Gasteiger partial charge in [-0.25, -0.2) is 0 Å². The molecule has 0 aromatic carbocycles. The van der Waals surface area contributed by atoms with E-state index < -0.39 is 5.66 Å². The van der Waals surface area contributed by atoms with Crippen LogP contribution in [0.5, 0.6) is 0 Å². The van der Waals surface area contributed by atoms with Gasteiger partial charge in [0.2, 0.25) is 11.8 Å². The van der Waals surface area contributed by atoms with Gasteiger partial charge in [-0.05, 0) is 0 Å². The van der Waals surface area contributed by atoms with Crippen molar-refractivity contribution in [2.45, 2.75) is 44.4 Å². The number of amides is 2. The topological polar surface area (TPSA) is 83.4 Å². The first-order chi connectivity index (χ1) is 10.5. The van der Waals surface area contributed by atoms with Crippen molar-refractivity contribution in [1.29, 1.82) is 0 Å². The molecule has 1 saturated heterocycles. The lowest BCUT2D eigenvalue weighted by Crippen LogP contribution is -2.49. The van der Waals surface area contributed by atoms with E-state index >= 15 is 0 Å². The molecule has 1 N–H and O–H groups in total. The molecular formula is C15H22N4O3. The molecule has 2 amide bonds. The van der Waals surface area contributed by atoms with E-state index in [-0.39, 0.29) is 17.9 Å². The van der Waals surface area contributed by atoms with Gasteiger partial charge in [-0.1, -0.05) is 0 Å². The lowest BCUT2D eigenvalue weighted by molar-refractivity contribution is -0.139. The average molecular weight is 306 g/mol. The zero-order chi connectivity index (χ0) is 16.0. The van der Waals surface area contributed by atoms with Crippen LogP contribution in [-0.2, 0) is 14.3 Å². The normalized spacial score (nSPS) is 22.0. The van der Waals surface area contributed by atoms with E-state index in [2.05, 4.69) is 21.5 Å². The van der Waals surface area contributed by atoms with Crippen molar-refractivity contribution in [2.24, 2.45) is 10.2 Å². The third-order valence-corrected chi connectivity index (χ3v) is 3.86. The van der Waals surface area contributed by atoms with Gasteiger partial charge in [0, 0.05) is 52.2 Å². The second kappa shape index (κ2) is 7.36. The van der Waals surface area contributed by atoms with E-state index in [1.165, 1.54) is 6.92 Å². The van der Waals surface area contributed by atoms with Crippen LogP contribution >= 0.6 is 0 Å². The van der Waals surface area contributed by atoms with Gasteiger partial charge in [-0.2, -0.15) is 10.2 Å². The molecule has 0 saturated carbocycles. The monoisotopic (exact) mass is 306 g/mol. The van der Waals surface area contributed by atoms with E-state index in [1.807, 2.05) is 0 Å². The summed E-state index contributed by atoms with van der Waals surface area (Å²) in [6.45, 7) is 3.47. The fourth-order valence-electron chi connectivity index (χ4n) is 2.46. The molecule has 0 aromatic heterocycles. The third kappa shape index (κ3) is 4.81. The first-order valence-corrected chi connectivity index (χ1v) is 7.56. The predicted octanol–water partition coefficient (Wildman–Crippen LogP) is 0.706. The van der Waals surface area contributed by atoms with Gasteiger partial charge in [0.05, 0.1) is 12.7 Å². The Morgan fingerprint density at radius 3 is 2.86 bits per heavy atom. The Morgan fingerprint density at radius 1 is 1.45 bits per heavy atom. The van der Waals surface area contributed by atoms with Gasteiger partial charge in [-0.3, -0.25) is 9.59 Å². The van der Waals surface area contributed by atoms with Crippen LogP contribution < -0.4 is 5.32 Å². The minimum atomic E-state index is -0.413. The van der Waals surface area contributed by atoms with Gasteiger partial charge in [0.1, 0.15) is 0 Å². The highest BCUT2D eigenvalue weighted by molar-refractivity contribution is 5.76. The smallest absolute Gasteiger partial charge is 0.222 e. The third-order valence-electron chi connectivity index (χ3n) is 3.86. The molecule has 7 heteroatoms. The van der Waals surface area contributed by atoms with Crippen molar-refractivity contribution < 1.29 is 14.3 Å². The molecule has 2 aliphatic rings. The summed E-state index contributed by atoms with van der Waals surface area (Å²) in [6, 6.07) is 0. The molecule has 0 spiro atoms. The second-order valence-electron chi connectivity index (χ2n) is 5.66. The Bertz CT molecular complexity index is 492. The summed E-state index contributed by atoms with van der Waals surface area (Å²) in [5.74, 6) is 2.56. The summed E-state index contributed by atoms with van der Waals surface area (Å²) in [5.41, 5.74) is -0.413. The summed E-state index contributed by atoms with van der Waals surface area (Å²) in [4.78, 5) is 25.0. The number of nitrogens with zero attached hydrogens (tertiary/aromatic N) is 3. The van der Waals surface area contributed by atoms with Crippen molar-refractivity contribution in [3.05, 3.63) is 0 Å². The lowest BCUT2D eigenvalue weighted by atomic mass is 10.0. The molecule has 2 heterocycles. The molecule has 2 rings (SSSR count). The summed E-state index contributed by atoms with van der Waals surface area (Å²) in [5, 5.41) is 10.8. The van der Waals surface area contributed by atoms with Crippen molar-refractivity contribution >= 4 is 11.8 Å². The predicted molar refractivity (Wildman–Crippen MR) is 79.9 cm³/mol. The number of terminal acetylenes is 1. The number of hydrogen-bond donors (Lipinski definition) is 1. The minimum Gasteiger partial charge on any atom is -0.373 e. The molecule has 0 radical (unpaired) electrons. The Balaban J connectivity index is 1.73. The molecular weight excluding hydrogens is 284 g/mol.